The van der Waals surface area contributed by atoms with Crippen LogP contribution in [0.15, 0.2) is 42.5 Å². The topological polar surface area (TPSA) is 90.9 Å². The Balaban J connectivity index is 1.47. The highest BCUT2D eigenvalue weighted by Gasteiger charge is 2.22. The Kier molecular flexibility index (Phi) is 7.43. The molecule has 1 heterocycles. The molecule has 7 heteroatoms. The van der Waals surface area contributed by atoms with Crippen LogP contribution < -0.4 is 15.4 Å². The van der Waals surface area contributed by atoms with Gasteiger partial charge in [0, 0.05) is 41.6 Å². The molecule has 2 aromatic rings. The van der Waals surface area contributed by atoms with Crippen molar-refractivity contribution in [3.63, 3.8) is 0 Å². The Bertz CT molecular complexity index is 875. The number of anilines is 2. The summed E-state index contributed by atoms with van der Waals surface area (Å²) in [5.74, 6) is 0.615. The smallest absolute Gasteiger partial charge is 0.238 e. The lowest BCUT2D eigenvalue weighted by Crippen LogP contribution is -2.42. The number of Topliss-reactive ketones (excluding diaryl/α,β-unsaturated/α-hetero) is 1. The maximum atomic E-state index is 12.3. The minimum Gasteiger partial charge on any atom is -0.496 e. The molecule has 7 nitrogen and oxygen atoms in total. The molecule has 1 saturated heterocycles. The monoisotopic (exact) mass is 411 g/mol. The van der Waals surface area contributed by atoms with Gasteiger partial charge < -0.3 is 20.5 Å². The molecule has 0 bridgehead atoms. The van der Waals surface area contributed by atoms with Gasteiger partial charge in [0.15, 0.2) is 5.78 Å². The molecule has 2 aromatic carbocycles. The Morgan fingerprint density at radius 3 is 2.43 bits per heavy atom. The molecule has 1 aliphatic heterocycles. The number of carbonyl (C=O) groups excluding carboxylic acids is 2. The normalized spacial score (nSPS) is 14.9. The van der Waals surface area contributed by atoms with Crippen LogP contribution in [0, 0.1) is 0 Å². The first-order valence-corrected chi connectivity index (χ1v) is 10.2. The summed E-state index contributed by atoms with van der Waals surface area (Å²) in [6.45, 7) is 3.39. The van der Waals surface area contributed by atoms with E-state index in [0.29, 0.717) is 23.5 Å². The zero-order chi connectivity index (χ0) is 21.5. The molecule has 3 N–H and O–H groups in total. The highest BCUT2D eigenvalue weighted by Crippen LogP contribution is 2.28. The Morgan fingerprint density at radius 1 is 1.13 bits per heavy atom. The van der Waals surface area contributed by atoms with Gasteiger partial charge in [-0.1, -0.05) is 6.07 Å². The predicted molar refractivity (Wildman–Crippen MR) is 117 cm³/mol. The molecule has 3 rings (SSSR count). The van der Waals surface area contributed by atoms with Gasteiger partial charge in [-0.25, -0.2) is 0 Å². The van der Waals surface area contributed by atoms with Crippen molar-refractivity contribution in [1.82, 2.24) is 4.90 Å². The van der Waals surface area contributed by atoms with E-state index in [-0.39, 0.29) is 24.3 Å². The molecule has 0 aliphatic carbocycles. The number of piperidine rings is 1. The summed E-state index contributed by atoms with van der Waals surface area (Å²) in [6.07, 6.45) is 1.81. The number of ether oxygens (including phenoxy) is 1. The number of nitrogens with zero attached hydrogens (tertiary/aromatic N) is 1. The van der Waals surface area contributed by atoms with E-state index in [1.807, 2.05) is 18.2 Å². The van der Waals surface area contributed by atoms with Gasteiger partial charge >= 0.3 is 0 Å². The third-order valence-corrected chi connectivity index (χ3v) is 5.40. The van der Waals surface area contributed by atoms with Gasteiger partial charge in [0.2, 0.25) is 5.91 Å². The molecule has 0 radical (unpaired) electrons. The molecule has 0 unspecified atom stereocenters. The van der Waals surface area contributed by atoms with Crippen LogP contribution in [0.3, 0.4) is 0 Å². The summed E-state index contributed by atoms with van der Waals surface area (Å²) >= 11 is 0. The second kappa shape index (κ2) is 10.2. The van der Waals surface area contributed by atoms with E-state index in [1.165, 1.54) is 6.92 Å². The number of likely N-dealkylation sites (tertiary alicyclic amines) is 1. The highest BCUT2D eigenvalue weighted by molar-refractivity contribution is 5.96. The van der Waals surface area contributed by atoms with Crippen molar-refractivity contribution in [1.29, 1.82) is 0 Å². The van der Waals surface area contributed by atoms with Gasteiger partial charge in [-0.3, -0.25) is 14.5 Å². The first-order chi connectivity index (χ1) is 14.5. The minimum absolute atomic E-state index is 0.00409. The van der Waals surface area contributed by atoms with Crippen molar-refractivity contribution in [2.45, 2.75) is 32.4 Å². The van der Waals surface area contributed by atoms with E-state index in [1.54, 1.807) is 31.4 Å². The second-order valence-corrected chi connectivity index (χ2v) is 7.52. The summed E-state index contributed by atoms with van der Waals surface area (Å²) in [5, 5.41) is 16.1. The summed E-state index contributed by atoms with van der Waals surface area (Å²) in [7, 11) is 1.60. The third-order valence-electron chi connectivity index (χ3n) is 5.40. The molecule has 160 valence electrons. The van der Waals surface area contributed by atoms with E-state index in [2.05, 4.69) is 15.5 Å². The van der Waals surface area contributed by atoms with Crippen LogP contribution in [0.2, 0.25) is 0 Å². The van der Waals surface area contributed by atoms with Gasteiger partial charge in [0.1, 0.15) is 5.75 Å². The third kappa shape index (κ3) is 5.58. The van der Waals surface area contributed by atoms with Gasteiger partial charge in [0.05, 0.1) is 20.3 Å². The van der Waals surface area contributed by atoms with Crippen LogP contribution in [-0.2, 0) is 11.4 Å². The molecule has 0 aromatic heterocycles. The lowest BCUT2D eigenvalue weighted by Gasteiger charge is -2.32. The molecule has 30 heavy (non-hydrogen) atoms. The van der Waals surface area contributed by atoms with E-state index < -0.39 is 0 Å². The largest absolute Gasteiger partial charge is 0.496 e. The quantitative estimate of drug-likeness (QED) is 0.579. The number of methoxy groups -OCH3 is 1. The average molecular weight is 412 g/mol. The SMILES string of the molecule is COc1cccc(NC2CCN(CC(=O)Nc3ccc(C(C)=O)cc3)CC2)c1CO. The summed E-state index contributed by atoms with van der Waals surface area (Å²) in [6, 6.07) is 12.9. The number of hydrogen-bond donors (Lipinski definition) is 3. The van der Waals surface area contributed by atoms with Crippen molar-refractivity contribution in [3.05, 3.63) is 53.6 Å². The van der Waals surface area contributed by atoms with Crippen molar-refractivity contribution in [3.8, 4) is 5.75 Å². The first kappa shape index (κ1) is 21.8. The molecule has 1 amide bonds. The molecule has 0 atom stereocenters. The maximum absolute atomic E-state index is 12.3. The number of aliphatic hydroxyl groups excluding tert-OH is 1. The first-order valence-electron chi connectivity index (χ1n) is 10.2. The zero-order valence-electron chi connectivity index (χ0n) is 17.5. The molecule has 1 fully saturated rings. The van der Waals surface area contributed by atoms with Gasteiger partial charge in [-0.15, -0.1) is 0 Å². The van der Waals surface area contributed by atoms with Crippen LogP contribution in [0.25, 0.3) is 0 Å². The van der Waals surface area contributed by atoms with E-state index in [0.717, 1.165) is 37.2 Å². The lowest BCUT2D eigenvalue weighted by molar-refractivity contribution is -0.117. The Morgan fingerprint density at radius 2 is 1.83 bits per heavy atom. The number of nitrogens with one attached hydrogen (secondary N) is 2. The van der Waals surface area contributed by atoms with Crippen molar-refractivity contribution in [2.24, 2.45) is 0 Å². The van der Waals surface area contributed by atoms with Crippen molar-refractivity contribution in [2.75, 3.05) is 37.4 Å². The molecule has 0 saturated carbocycles. The standard InChI is InChI=1S/C23H29N3O4/c1-16(28)17-6-8-18(9-7-17)25-23(29)14-26-12-10-19(11-13-26)24-21-4-3-5-22(30-2)20(21)15-27/h3-9,19,24,27H,10-15H2,1-2H3,(H,25,29). The number of benzene rings is 2. The number of rotatable bonds is 8. The Labute approximate surface area is 177 Å². The fraction of sp³-hybridized carbons (Fsp3) is 0.391. The molecule has 0 spiro atoms. The van der Waals surface area contributed by atoms with Crippen LogP contribution in [0.4, 0.5) is 11.4 Å². The van der Waals surface area contributed by atoms with Crippen LogP contribution in [0.5, 0.6) is 5.75 Å². The minimum atomic E-state index is -0.0846. The Hall–Kier alpha value is -2.90. The van der Waals surface area contributed by atoms with Crippen LogP contribution in [-0.4, -0.2) is 54.5 Å². The van der Waals surface area contributed by atoms with Gasteiger partial charge in [-0.05, 0) is 56.2 Å². The second-order valence-electron chi connectivity index (χ2n) is 7.52. The molecular formula is C23H29N3O4. The predicted octanol–water partition coefficient (Wildman–Crippen LogP) is 2.91. The fourth-order valence-electron chi connectivity index (χ4n) is 3.70. The van der Waals surface area contributed by atoms with Crippen molar-refractivity contribution >= 4 is 23.1 Å². The fourth-order valence-corrected chi connectivity index (χ4v) is 3.70. The summed E-state index contributed by atoms with van der Waals surface area (Å²) in [4.78, 5) is 25.8. The van der Waals surface area contributed by atoms with Gasteiger partial charge in [-0.2, -0.15) is 0 Å². The molecule has 1 aliphatic rings. The number of ketones is 1. The lowest BCUT2D eigenvalue weighted by atomic mass is 10.0. The number of aliphatic hydroxyl groups is 1. The van der Waals surface area contributed by atoms with Crippen LogP contribution in [0.1, 0.15) is 35.7 Å². The number of carbonyl (C=O) groups is 2. The van der Waals surface area contributed by atoms with E-state index >= 15 is 0 Å². The van der Waals surface area contributed by atoms with E-state index in [9.17, 15) is 14.7 Å². The van der Waals surface area contributed by atoms with Crippen molar-refractivity contribution < 1.29 is 19.4 Å². The highest BCUT2D eigenvalue weighted by atomic mass is 16.5. The maximum Gasteiger partial charge on any atom is 0.238 e. The van der Waals surface area contributed by atoms with Crippen LogP contribution >= 0.6 is 0 Å². The summed E-state index contributed by atoms with van der Waals surface area (Å²) < 4.78 is 5.32. The van der Waals surface area contributed by atoms with E-state index in [4.69, 9.17) is 4.74 Å². The number of amides is 1. The molecular weight excluding hydrogens is 382 g/mol. The summed E-state index contributed by atoms with van der Waals surface area (Å²) in [5.41, 5.74) is 2.97. The van der Waals surface area contributed by atoms with Gasteiger partial charge in [0.25, 0.3) is 0 Å². The average Bonchev–Trinajstić information content (AvgIpc) is 2.75. The number of hydrogen-bond acceptors (Lipinski definition) is 6. The zero-order valence-corrected chi connectivity index (χ0v) is 17.5.